The maximum Gasteiger partial charge on any atom is 0.412 e. The van der Waals surface area contributed by atoms with Crippen LogP contribution in [0.1, 0.15) is 10.5 Å². The zero-order chi connectivity index (χ0) is 12.4. The van der Waals surface area contributed by atoms with Gasteiger partial charge in [-0.1, -0.05) is 18.2 Å². The molecule has 2 aromatic rings. The van der Waals surface area contributed by atoms with Crippen LogP contribution in [0.3, 0.4) is 0 Å². The number of benzene rings is 1. The van der Waals surface area contributed by atoms with Crippen molar-refractivity contribution in [2.45, 2.75) is 0 Å². The number of hydrogen-bond acceptors (Lipinski definition) is 5. The van der Waals surface area contributed by atoms with Gasteiger partial charge in [-0.3, -0.25) is 0 Å². The first kappa shape index (κ1) is 10.9. The van der Waals surface area contributed by atoms with Crippen LogP contribution in [0.4, 0.5) is 10.5 Å². The Morgan fingerprint density at radius 3 is 2.65 bits per heavy atom. The summed E-state index contributed by atoms with van der Waals surface area (Å²) in [5, 5.41) is 0.792. The second-order valence-electron chi connectivity index (χ2n) is 3.32. The molecule has 0 atom stereocenters. The Hall–Kier alpha value is -2.63. The van der Waals surface area contributed by atoms with E-state index in [0.717, 1.165) is 5.39 Å². The quantitative estimate of drug-likeness (QED) is 0.433. The summed E-state index contributed by atoms with van der Waals surface area (Å²) in [4.78, 5) is 25.8. The number of carbonyl (C=O) groups excluding carboxylic acids is 2. The number of carbonyl (C=O) groups is 2. The van der Waals surface area contributed by atoms with Gasteiger partial charge in [0.05, 0.1) is 11.2 Å². The van der Waals surface area contributed by atoms with Gasteiger partial charge in [0, 0.05) is 5.39 Å². The molecule has 0 unspecified atom stereocenters. The molecule has 1 amide bonds. The van der Waals surface area contributed by atoms with Gasteiger partial charge in [-0.15, -0.1) is 0 Å². The molecule has 6 heteroatoms. The van der Waals surface area contributed by atoms with Gasteiger partial charge in [0.25, 0.3) is 0 Å². The van der Waals surface area contributed by atoms with Crippen LogP contribution < -0.4 is 11.5 Å². The van der Waals surface area contributed by atoms with Crippen molar-refractivity contribution in [1.29, 1.82) is 0 Å². The van der Waals surface area contributed by atoms with Gasteiger partial charge in [0.1, 0.15) is 5.69 Å². The summed E-state index contributed by atoms with van der Waals surface area (Å²) < 4.78 is 4.22. The average molecular weight is 231 g/mol. The second-order valence-corrected chi connectivity index (χ2v) is 3.32. The van der Waals surface area contributed by atoms with Gasteiger partial charge in [-0.05, 0) is 12.1 Å². The number of fused-ring (bicyclic) bond motifs is 1. The molecule has 0 bridgehead atoms. The number of anilines is 1. The number of nitrogen functional groups attached to an aromatic ring is 1. The standard InChI is InChI=1S/C11H9N3O3/c12-7-3-1-2-6-4-5-8(14-9(6)7)10(15)17-11(13)16/h1-5H,12H2,(H2,13,16). The lowest BCUT2D eigenvalue weighted by molar-refractivity contribution is 0.0632. The van der Waals surface area contributed by atoms with Crippen LogP contribution in [0.5, 0.6) is 0 Å². The predicted octanol–water partition coefficient (Wildman–Crippen LogP) is 1.05. The van der Waals surface area contributed by atoms with E-state index in [1.165, 1.54) is 6.07 Å². The van der Waals surface area contributed by atoms with Crippen LogP contribution in [0.25, 0.3) is 10.9 Å². The Kier molecular flexibility index (Phi) is 2.61. The molecular weight excluding hydrogens is 222 g/mol. The van der Waals surface area contributed by atoms with Crippen LogP contribution in [0.15, 0.2) is 30.3 Å². The molecule has 0 spiro atoms. The van der Waals surface area contributed by atoms with E-state index in [1.54, 1.807) is 18.2 Å². The van der Waals surface area contributed by atoms with Gasteiger partial charge in [-0.2, -0.15) is 0 Å². The van der Waals surface area contributed by atoms with Gasteiger partial charge in [0.2, 0.25) is 0 Å². The minimum absolute atomic E-state index is 0.0193. The zero-order valence-electron chi connectivity index (χ0n) is 8.71. The number of esters is 1. The average Bonchev–Trinajstić information content (AvgIpc) is 2.28. The van der Waals surface area contributed by atoms with Crippen molar-refractivity contribution in [3.05, 3.63) is 36.0 Å². The summed E-state index contributed by atoms with van der Waals surface area (Å²) in [6, 6.07) is 8.35. The largest absolute Gasteiger partial charge is 0.412 e. The van der Waals surface area contributed by atoms with E-state index in [9.17, 15) is 9.59 Å². The van der Waals surface area contributed by atoms with Crippen molar-refractivity contribution < 1.29 is 14.3 Å². The third-order valence-corrected chi connectivity index (χ3v) is 2.15. The van der Waals surface area contributed by atoms with Crippen molar-refractivity contribution in [3.8, 4) is 0 Å². The van der Waals surface area contributed by atoms with Crippen molar-refractivity contribution in [3.63, 3.8) is 0 Å². The Bertz CT molecular complexity index is 610. The molecule has 2 rings (SSSR count). The lowest BCUT2D eigenvalue weighted by Crippen LogP contribution is -2.19. The summed E-state index contributed by atoms with van der Waals surface area (Å²) in [5.74, 6) is -0.900. The number of para-hydroxylation sites is 1. The smallest absolute Gasteiger partial charge is 0.397 e. The number of hydrogen-bond donors (Lipinski definition) is 2. The third-order valence-electron chi connectivity index (χ3n) is 2.15. The number of aromatic nitrogens is 1. The zero-order valence-corrected chi connectivity index (χ0v) is 8.71. The Labute approximate surface area is 96.2 Å². The maximum absolute atomic E-state index is 11.4. The SMILES string of the molecule is NC(=O)OC(=O)c1ccc2cccc(N)c2n1. The number of nitrogens with two attached hydrogens (primary N) is 2. The summed E-state index contributed by atoms with van der Waals surface area (Å²) >= 11 is 0. The number of amides is 1. The van der Waals surface area contributed by atoms with Crippen molar-refractivity contribution in [2.75, 3.05) is 5.73 Å². The van der Waals surface area contributed by atoms with E-state index in [0.29, 0.717) is 11.2 Å². The molecule has 0 aliphatic carbocycles. The molecule has 0 radical (unpaired) electrons. The number of primary amides is 1. The summed E-state index contributed by atoms with van der Waals surface area (Å²) in [7, 11) is 0. The van der Waals surface area contributed by atoms with Crippen LogP contribution in [-0.4, -0.2) is 17.0 Å². The number of rotatable bonds is 1. The van der Waals surface area contributed by atoms with Gasteiger partial charge < -0.3 is 16.2 Å². The van der Waals surface area contributed by atoms with E-state index in [4.69, 9.17) is 11.5 Å². The molecule has 0 saturated carbocycles. The Morgan fingerprint density at radius 1 is 1.18 bits per heavy atom. The van der Waals surface area contributed by atoms with Crippen molar-refractivity contribution in [1.82, 2.24) is 4.98 Å². The minimum Gasteiger partial charge on any atom is -0.397 e. The van der Waals surface area contributed by atoms with E-state index < -0.39 is 12.1 Å². The fraction of sp³-hybridized carbons (Fsp3) is 0. The first-order chi connectivity index (χ1) is 8.08. The maximum atomic E-state index is 11.4. The fourth-order valence-corrected chi connectivity index (χ4v) is 1.43. The van der Waals surface area contributed by atoms with Crippen molar-refractivity contribution in [2.24, 2.45) is 5.73 Å². The fourth-order valence-electron chi connectivity index (χ4n) is 1.43. The van der Waals surface area contributed by atoms with Gasteiger partial charge >= 0.3 is 12.1 Å². The summed E-state index contributed by atoms with van der Waals surface area (Å²) in [6.07, 6.45) is -1.17. The molecular formula is C11H9N3O3. The lowest BCUT2D eigenvalue weighted by atomic mass is 10.2. The molecule has 4 N–H and O–H groups in total. The Morgan fingerprint density at radius 2 is 1.94 bits per heavy atom. The number of nitrogens with zero attached hydrogens (tertiary/aromatic N) is 1. The number of ether oxygens (including phenoxy) is 1. The molecule has 0 fully saturated rings. The first-order valence-electron chi connectivity index (χ1n) is 4.75. The van der Waals surface area contributed by atoms with Crippen LogP contribution in [-0.2, 0) is 4.74 Å². The third kappa shape index (κ3) is 2.15. The van der Waals surface area contributed by atoms with E-state index in [1.807, 2.05) is 6.07 Å². The predicted molar refractivity (Wildman–Crippen MR) is 61.2 cm³/mol. The molecule has 1 heterocycles. The topological polar surface area (TPSA) is 108 Å². The molecule has 6 nitrogen and oxygen atoms in total. The first-order valence-corrected chi connectivity index (χ1v) is 4.75. The lowest BCUT2D eigenvalue weighted by Gasteiger charge is -2.03. The normalized spacial score (nSPS) is 10.1. The van der Waals surface area contributed by atoms with Crippen LogP contribution >= 0.6 is 0 Å². The van der Waals surface area contributed by atoms with E-state index >= 15 is 0 Å². The van der Waals surface area contributed by atoms with Gasteiger partial charge in [-0.25, -0.2) is 14.6 Å². The second kappa shape index (κ2) is 4.09. The molecule has 17 heavy (non-hydrogen) atoms. The molecule has 1 aromatic heterocycles. The highest BCUT2D eigenvalue weighted by Gasteiger charge is 2.13. The Balaban J connectivity index is 2.47. The minimum atomic E-state index is -1.17. The van der Waals surface area contributed by atoms with Crippen LogP contribution in [0.2, 0.25) is 0 Å². The highest BCUT2D eigenvalue weighted by Crippen LogP contribution is 2.19. The molecule has 0 aliphatic rings. The highest BCUT2D eigenvalue weighted by atomic mass is 16.6. The molecule has 86 valence electrons. The molecule has 0 aliphatic heterocycles. The molecule has 1 aromatic carbocycles. The van der Waals surface area contributed by atoms with Crippen molar-refractivity contribution >= 4 is 28.7 Å². The van der Waals surface area contributed by atoms with E-state index in [-0.39, 0.29) is 5.69 Å². The number of pyridine rings is 1. The monoisotopic (exact) mass is 231 g/mol. The summed E-state index contributed by atoms with van der Waals surface area (Å²) in [6.45, 7) is 0. The molecule has 0 saturated heterocycles. The van der Waals surface area contributed by atoms with Gasteiger partial charge in [0.15, 0.2) is 0 Å². The van der Waals surface area contributed by atoms with E-state index in [2.05, 4.69) is 9.72 Å². The highest BCUT2D eigenvalue weighted by molar-refractivity contribution is 5.98. The summed E-state index contributed by atoms with van der Waals surface area (Å²) in [5.41, 5.74) is 11.4. The van der Waals surface area contributed by atoms with Crippen LogP contribution in [0, 0.1) is 0 Å².